The Balaban J connectivity index is 1.50. The molecule has 8 heteroatoms. The molecule has 0 aliphatic carbocycles. The van der Waals surface area contributed by atoms with Gasteiger partial charge in [0.25, 0.3) is 0 Å². The molecule has 1 N–H and O–H groups in total. The average Bonchev–Trinajstić information content (AvgIpc) is 3.27. The number of hydrogen-bond donors (Lipinski definition) is 1. The molecule has 0 fully saturated rings. The van der Waals surface area contributed by atoms with Crippen molar-refractivity contribution < 1.29 is 9.53 Å². The summed E-state index contributed by atoms with van der Waals surface area (Å²) in [6.07, 6.45) is 0. The second kappa shape index (κ2) is 10.7. The van der Waals surface area contributed by atoms with E-state index in [-0.39, 0.29) is 18.3 Å². The number of nitriles is 1. The number of thioether (sulfide) groups is 1. The lowest BCUT2D eigenvalue weighted by atomic mass is 10.1. The topological polar surface area (TPSA) is 92.8 Å². The summed E-state index contributed by atoms with van der Waals surface area (Å²) in [6, 6.07) is 24.6. The van der Waals surface area contributed by atoms with Crippen LogP contribution in [0, 0.1) is 25.2 Å². The lowest BCUT2D eigenvalue weighted by Gasteiger charge is -2.12. The van der Waals surface area contributed by atoms with Gasteiger partial charge in [-0.25, -0.2) is 0 Å². The molecule has 4 aromatic rings. The molecule has 1 amide bonds. The highest BCUT2D eigenvalue weighted by Crippen LogP contribution is 2.25. The minimum absolute atomic E-state index is 0.111. The predicted octanol–water partition coefficient (Wildman–Crippen LogP) is 5.07. The van der Waals surface area contributed by atoms with Crippen molar-refractivity contribution in [3.8, 4) is 17.5 Å². The molecule has 0 bridgehead atoms. The van der Waals surface area contributed by atoms with Crippen LogP contribution in [-0.2, 0) is 11.4 Å². The van der Waals surface area contributed by atoms with E-state index in [9.17, 15) is 4.79 Å². The van der Waals surface area contributed by atoms with Crippen molar-refractivity contribution in [1.29, 1.82) is 5.26 Å². The van der Waals surface area contributed by atoms with Crippen molar-refractivity contribution in [2.24, 2.45) is 0 Å². The fourth-order valence-corrected chi connectivity index (χ4v) is 4.19. The third kappa shape index (κ3) is 5.45. The fraction of sp³-hybridized carbons (Fsp3) is 0.154. The standard InChI is InChI=1S/C26H23N5O2S/c1-18-7-6-8-19(2)25(18)28-24(32)17-34-26-30-29-23(31(26)21-9-4-3-5-10-21)16-33-22-13-11-20(15-27)12-14-22/h3-14H,16-17H2,1-2H3,(H,28,32). The molecule has 0 atom stereocenters. The minimum Gasteiger partial charge on any atom is -0.486 e. The van der Waals surface area contributed by atoms with E-state index < -0.39 is 0 Å². The number of aryl methyl sites for hydroxylation is 2. The van der Waals surface area contributed by atoms with Gasteiger partial charge in [-0.2, -0.15) is 5.26 Å². The van der Waals surface area contributed by atoms with Crippen LogP contribution >= 0.6 is 11.8 Å². The van der Waals surface area contributed by atoms with E-state index in [1.54, 1.807) is 24.3 Å². The van der Waals surface area contributed by atoms with E-state index in [4.69, 9.17) is 10.00 Å². The summed E-state index contributed by atoms with van der Waals surface area (Å²) in [5.41, 5.74) is 4.33. The lowest BCUT2D eigenvalue weighted by Crippen LogP contribution is -2.16. The zero-order valence-electron chi connectivity index (χ0n) is 18.9. The third-order valence-corrected chi connectivity index (χ3v) is 6.07. The van der Waals surface area contributed by atoms with Crippen molar-refractivity contribution in [3.63, 3.8) is 0 Å². The van der Waals surface area contributed by atoms with Crippen LogP contribution in [0.4, 0.5) is 5.69 Å². The number of nitrogens with one attached hydrogen (secondary N) is 1. The van der Waals surface area contributed by atoms with E-state index in [0.29, 0.717) is 22.3 Å². The molecule has 7 nitrogen and oxygen atoms in total. The largest absolute Gasteiger partial charge is 0.486 e. The average molecular weight is 470 g/mol. The van der Waals surface area contributed by atoms with Crippen LogP contribution in [0.3, 0.4) is 0 Å². The molecule has 0 saturated heterocycles. The maximum Gasteiger partial charge on any atom is 0.234 e. The molecular weight excluding hydrogens is 446 g/mol. The lowest BCUT2D eigenvalue weighted by molar-refractivity contribution is -0.113. The summed E-state index contributed by atoms with van der Waals surface area (Å²) in [7, 11) is 0. The molecule has 3 aromatic carbocycles. The van der Waals surface area contributed by atoms with Gasteiger partial charge in [0, 0.05) is 11.4 Å². The Morgan fingerprint density at radius 2 is 1.71 bits per heavy atom. The number of ether oxygens (including phenoxy) is 1. The number of carbonyl (C=O) groups is 1. The highest BCUT2D eigenvalue weighted by Gasteiger charge is 2.17. The first kappa shape index (κ1) is 23.1. The van der Waals surface area contributed by atoms with Crippen LogP contribution in [-0.4, -0.2) is 26.4 Å². The fourth-order valence-electron chi connectivity index (χ4n) is 3.41. The van der Waals surface area contributed by atoms with Crippen molar-refractivity contribution in [1.82, 2.24) is 14.8 Å². The first-order valence-electron chi connectivity index (χ1n) is 10.7. The molecule has 1 heterocycles. The van der Waals surface area contributed by atoms with E-state index in [2.05, 4.69) is 21.6 Å². The molecule has 34 heavy (non-hydrogen) atoms. The zero-order valence-corrected chi connectivity index (χ0v) is 19.7. The van der Waals surface area contributed by atoms with E-state index >= 15 is 0 Å². The minimum atomic E-state index is -0.111. The van der Waals surface area contributed by atoms with Gasteiger partial charge in [0.2, 0.25) is 5.91 Å². The summed E-state index contributed by atoms with van der Waals surface area (Å²) in [5, 5.41) is 21.2. The third-order valence-electron chi connectivity index (χ3n) is 5.14. The molecule has 0 spiro atoms. The SMILES string of the molecule is Cc1cccc(C)c1NC(=O)CSc1nnc(COc2ccc(C#N)cc2)n1-c1ccccc1. The quantitative estimate of drug-likeness (QED) is 0.362. The number of rotatable bonds is 8. The zero-order chi connectivity index (χ0) is 23.9. The number of hydrogen-bond acceptors (Lipinski definition) is 6. The normalized spacial score (nSPS) is 10.5. The Morgan fingerprint density at radius 1 is 1.00 bits per heavy atom. The van der Waals surface area contributed by atoms with Gasteiger partial charge in [0.1, 0.15) is 12.4 Å². The molecule has 0 radical (unpaired) electrons. The van der Waals surface area contributed by atoms with Gasteiger partial charge in [0.15, 0.2) is 11.0 Å². The van der Waals surface area contributed by atoms with Crippen LogP contribution in [0.1, 0.15) is 22.5 Å². The maximum absolute atomic E-state index is 12.7. The van der Waals surface area contributed by atoms with Gasteiger partial charge in [-0.3, -0.25) is 9.36 Å². The Morgan fingerprint density at radius 3 is 2.38 bits per heavy atom. The van der Waals surface area contributed by atoms with Crippen molar-refractivity contribution >= 4 is 23.4 Å². The Kier molecular flexibility index (Phi) is 7.25. The molecule has 0 aliphatic rings. The number of aromatic nitrogens is 3. The highest BCUT2D eigenvalue weighted by atomic mass is 32.2. The molecule has 1 aromatic heterocycles. The Bertz CT molecular complexity index is 1310. The summed E-state index contributed by atoms with van der Waals surface area (Å²) in [5.74, 6) is 1.31. The van der Waals surface area contributed by atoms with E-state index in [1.807, 2.05) is 66.9 Å². The Labute approximate surface area is 202 Å². The van der Waals surface area contributed by atoms with E-state index in [1.165, 1.54) is 11.8 Å². The van der Waals surface area contributed by atoms with Gasteiger partial charge in [0.05, 0.1) is 17.4 Å². The Hall–Kier alpha value is -4.09. The summed E-state index contributed by atoms with van der Waals surface area (Å²) in [4.78, 5) is 12.7. The summed E-state index contributed by atoms with van der Waals surface area (Å²) >= 11 is 1.31. The van der Waals surface area contributed by atoms with Gasteiger partial charge in [-0.15, -0.1) is 10.2 Å². The van der Waals surface area contributed by atoms with Crippen molar-refractivity contribution in [3.05, 3.63) is 95.3 Å². The number of amides is 1. The van der Waals surface area contributed by atoms with Gasteiger partial charge < -0.3 is 10.1 Å². The summed E-state index contributed by atoms with van der Waals surface area (Å²) < 4.78 is 7.77. The first-order chi connectivity index (χ1) is 16.5. The molecule has 170 valence electrons. The number of anilines is 1. The molecule has 0 unspecified atom stereocenters. The number of nitrogens with zero attached hydrogens (tertiary/aromatic N) is 4. The van der Waals surface area contributed by atoms with Crippen LogP contribution < -0.4 is 10.1 Å². The van der Waals surface area contributed by atoms with Crippen LogP contribution in [0.15, 0.2) is 78.0 Å². The molecular formula is C26H23N5O2S. The number of carbonyl (C=O) groups excluding carboxylic acids is 1. The second-order valence-corrected chi connectivity index (χ2v) is 8.54. The monoisotopic (exact) mass is 469 g/mol. The molecule has 4 rings (SSSR count). The van der Waals surface area contributed by atoms with Crippen molar-refractivity contribution in [2.45, 2.75) is 25.6 Å². The maximum atomic E-state index is 12.7. The van der Waals surface area contributed by atoms with Crippen LogP contribution in [0.25, 0.3) is 5.69 Å². The second-order valence-electron chi connectivity index (χ2n) is 7.60. The predicted molar refractivity (Wildman–Crippen MR) is 132 cm³/mol. The molecule has 0 aliphatic heterocycles. The van der Waals surface area contributed by atoms with E-state index in [0.717, 1.165) is 22.5 Å². The van der Waals surface area contributed by atoms with Gasteiger partial charge >= 0.3 is 0 Å². The highest BCUT2D eigenvalue weighted by molar-refractivity contribution is 7.99. The smallest absolute Gasteiger partial charge is 0.234 e. The van der Waals surface area contributed by atoms with Gasteiger partial charge in [-0.05, 0) is 61.4 Å². The first-order valence-corrected chi connectivity index (χ1v) is 11.7. The van der Waals surface area contributed by atoms with Crippen molar-refractivity contribution in [2.75, 3.05) is 11.1 Å². The number of para-hydroxylation sites is 2. The molecule has 0 saturated carbocycles. The summed E-state index contributed by atoms with van der Waals surface area (Å²) in [6.45, 7) is 4.13. The van der Waals surface area contributed by atoms with Gasteiger partial charge in [-0.1, -0.05) is 48.2 Å². The number of benzene rings is 3. The van der Waals surface area contributed by atoms with Crippen LogP contribution in [0.2, 0.25) is 0 Å². The van der Waals surface area contributed by atoms with Crippen LogP contribution in [0.5, 0.6) is 5.75 Å².